The fraction of sp³-hybridized carbons (Fsp3) is 0.294. The molecule has 19 heavy (non-hydrogen) atoms. The van der Waals surface area contributed by atoms with E-state index in [0.717, 1.165) is 31.7 Å². The molecular weight excluding hydrogens is 234 g/mol. The van der Waals surface area contributed by atoms with E-state index in [1.165, 1.54) is 16.8 Å². The molecule has 0 aliphatic carbocycles. The maximum absolute atomic E-state index is 5.74. The lowest BCUT2D eigenvalue weighted by molar-refractivity contribution is 0.311. The molecule has 2 nitrogen and oxygen atoms in total. The van der Waals surface area contributed by atoms with Crippen LogP contribution in [0.15, 0.2) is 42.5 Å². The van der Waals surface area contributed by atoms with Crippen molar-refractivity contribution < 1.29 is 4.74 Å². The second kappa shape index (κ2) is 5.35. The molecule has 1 aliphatic rings. The molecule has 2 heteroatoms. The van der Waals surface area contributed by atoms with E-state index in [1.54, 1.807) is 0 Å². The van der Waals surface area contributed by atoms with E-state index < -0.39 is 0 Å². The van der Waals surface area contributed by atoms with E-state index in [0.29, 0.717) is 0 Å². The normalized spacial score (nSPS) is 13.8. The van der Waals surface area contributed by atoms with E-state index in [2.05, 4.69) is 48.3 Å². The number of aryl methyl sites for hydroxylation is 2. The molecule has 3 rings (SSSR count). The molecule has 0 atom stereocenters. The zero-order chi connectivity index (χ0) is 13.1. The molecule has 1 heterocycles. The number of benzene rings is 2. The number of anilines is 1. The van der Waals surface area contributed by atoms with Crippen molar-refractivity contribution in [1.82, 2.24) is 0 Å². The van der Waals surface area contributed by atoms with Crippen LogP contribution in [-0.2, 0) is 12.8 Å². The van der Waals surface area contributed by atoms with Gasteiger partial charge in [-0.25, -0.2) is 0 Å². The van der Waals surface area contributed by atoms with Crippen LogP contribution in [0, 0.1) is 6.07 Å². The van der Waals surface area contributed by atoms with Crippen molar-refractivity contribution in [3.63, 3.8) is 0 Å². The van der Waals surface area contributed by atoms with Crippen LogP contribution in [0.4, 0.5) is 5.69 Å². The van der Waals surface area contributed by atoms with Crippen LogP contribution >= 0.6 is 0 Å². The molecule has 0 fully saturated rings. The van der Waals surface area contributed by atoms with Gasteiger partial charge in [0.1, 0.15) is 12.4 Å². The van der Waals surface area contributed by atoms with Gasteiger partial charge in [-0.1, -0.05) is 30.3 Å². The van der Waals surface area contributed by atoms with Gasteiger partial charge < -0.3 is 9.64 Å². The van der Waals surface area contributed by atoms with Gasteiger partial charge in [0.05, 0.1) is 12.2 Å². The zero-order valence-electron chi connectivity index (χ0n) is 11.2. The maximum Gasteiger partial charge on any atom is 0.142 e. The van der Waals surface area contributed by atoms with Crippen LogP contribution in [0.5, 0.6) is 5.75 Å². The molecule has 0 amide bonds. The summed E-state index contributed by atoms with van der Waals surface area (Å²) < 4.78 is 5.74. The average molecular weight is 252 g/mol. The first-order valence-electron chi connectivity index (χ1n) is 6.75. The predicted octanol–water partition coefficient (Wildman–Crippen LogP) is 3.10. The van der Waals surface area contributed by atoms with E-state index in [1.807, 2.05) is 12.1 Å². The number of fused-ring (bicyclic) bond motifs is 1. The second-order valence-electron chi connectivity index (χ2n) is 4.98. The highest BCUT2D eigenvalue weighted by Crippen LogP contribution is 2.31. The summed E-state index contributed by atoms with van der Waals surface area (Å²) in [5.74, 6) is 1.02. The van der Waals surface area contributed by atoms with E-state index >= 15 is 0 Å². The van der Waals surface area contributed by atoms with Crippen LogP contribution in [0.1, 0.15) is 11.1 Å². The third-order valence-corrected chi connectivity index (χ3v) is 3.59. The Balaban J connectivity index is 1.72. The maximum atomic E-state index is 5.74. The fourth-order valence-electron chi connectivity index (χ4n) is 2.43. The molecule has 2 aromatic rings. The second-order valence-corrected chi connectivity index (χ2v) is 4.98. The lowest BCUT2D eigenvalue weighted by atomic mass is 10.0. The number of hydrogen-bond donors (Lipinski definition) is 0. The van der Waals surface area contributed by atoms with Crippen LogP contribution in [0.2, 0.25) is 0 Å². The number of nitrogens with zero attached hydrogens (tertiary/aromatic N) is 1. The average Bonchev–Trinajstić information content (AvgIpc) is 2.46. The van der Waals surface area contributed by atoms with Crippen LogP contribution in [0.25, 0.3) is 0 Å². The Hall–Kier alpha value is -1.96. The Bertz CT molecular complexity index is 550. The number of likely N-dealkylation sites (N-methyl/N-ethyl adjacent to an activating group) is 1. The van der Waals surface area contributed by atoms with Gasteiger partial charge in [-0.15, -0.1) is 0 Å². The largest absolute Gasteiger partial charge is 0.490 e. The molecule has 1 radical (unpaired) electrons. The van der Waals surface area contributed by atoms with Gasteiger partial charge in [-0.2, -0.15) is 0 Å². The molecule has 1 aliphatic heterocycles. The van der Waals surface area contributed by atoms with Gasteiger partial charge in [0, 0.05) is 7.05 Å². The predicted molar refractivity (Wildman–Crippen MR) is 77.9 cm³/mol. The SMILES string of the molecule is CN1CCOc2cc(CCc3c[c]ccc3)ccc21. The standard InChI is InChI=1S/C17H18NO/c1-18-11-12-19-17-13-15(9-10-16(17)18)8-7-14-5-3-2-4-6-14/h2-3,5-6,9-10,13H,7-8,11-12H2,1H3. The van der Waals surface area contributed by atoms with Crippen LogP contribution in [-0.4, -0.2) is 20.2 Å². The Morgan fingerprint density at radius 3 is 2.95 bits per heavy atom. The number of rotatable bonds is 3. The molecule has 0 unspecified atom stereocenters. The molecule has 2 aromatic carbocycles. The smallest absolute Gasteiger partial charge is 0.142 e. The number of hydrogen-bond acceptors (Lipinski definition) is 2. The fourth-order valence-corrected chi connectivity index (χ4v) is 2.43. The highest BCUT2D eigenvalue weighted by atomic mass is 16.5. The summed E-state index contributed by atoms with van der Waals surface area (Å²) in [6.45, 7) is 1.74. The molecule has 0 saturated heterocycles. The van der Waals surface area contributed by atoms with Crippen LogP contribution < -0.4 is 9.64 Å². The summed E-state index contributed by atoms with van der Waals surface area (Å²) in [7, 11) is 2.11. The van der Waals surface area contributed by atoms with E-state index in [9.17, 15) is 0 Å². The third kappa shape index (κ3) is 2.73. The van der Waals surface area contributed by atoms with Crippen molar-refractivity contribution >= 4 is 5.69 Å². The Kier molecular flexibility index (Phi) is 3.41. The molecule has 0 spiro atoms. The minimum absolute atomic E-state index is 0.778. The van der Waals surface area contributed by atoms with Gasteiger partial charge in [-0.05, 0) is 42.2 Å². The molecule has 0 N–H and O–H groups in total. The molecule has 0 bridgehead atoms. The van der Waals surface area contributed by atoms with E-state index in [4.69, 9.17) is 4.74 Å². The Labute approximate surface area is 114 Å². The first kappa shape index (κ1) is 12.1. The van der Waals surface area contributed by atoms with E-state index in [-0.39, 0.29) is 0 Å². The van der Waals surface area contributed by atoms with Crippen molar-refractivity contribution in [3.8, 4) is 5.75 Å². The first-order chi connectivity index (χ1) is 9.33. The molecule has 0 saturated carbocycles. The van der Waals surface area contributed by atoms with Gasteiger partial charge in [-0.3, -0.25) is 0 Å². The zero-order valence-corrected chi connectivity index (χ0v) is 11.2. The van der Waals surface area contributed by atoms with Crippen molar-refractivity contribution in [3.05, 3.63) is 59.7 Å². The summed E-state index contributed by atoms with van der Waals surface area (Å²) in [6, 6.07) is 17.9. The minimum atomic E-state index is 0.778. The summed E-state index contributed by atoms with van der Waals surface area (Å²) in [4.78, 5) is 2.24. The lowest BCUT2D eigenvalue weighted by Gasteiger charge is -2.28. The van der Waals surface area contributed by atoms with Crippen molar-refractivity contribution in [2.75, 3.05) is 25.1 Å². The summed E-state index contributed by atoms with van der Waals surface area (Å²) in [5.41, 5.74) is 3.86. The topological polar surface area (TPSA) is 12.5 Å². The highest BCUT2D eigenvalue weighted by Gasteiger charge is 2.14. The van der Waals surface area contributed by atoms with Gasteiger partial charge in [0.2, 0.25) is 0 Å². The third-order valence-electron chi connectivity index (χ3n) is 3.59. The quantitative estimate of drug-likeness (QED) is 0.832. The van der Waals surface area contributed by atoms with Gasteiger partial charge in [0.15, 0.2) is 0 Å². The highest BCUT2D eigenvalue weighted by molar-refractivity contribution is 5.60. The lowest BCUT2D eigenvalue weighted by Crippen LogP contribution is -2.28. The first-order valence-corrected chi connectivity index (χ1v) is 6.75. The van der Waals surface area contributed by atoms with Gasteiger partial charge in [0.25, 0.3) is 0 Å². The summed E-state index contributed by atoms with van der Waals surface area (Å²) in [5, 5.41) is 0. The number of ether oxygens (including phenoxy) is 1. The van der Waals surface area contributed by atoms with Gasteiger partial charge >= 0.3 is 0 Å². The van der Waals surface area contributed by atoms with Crippen molar-refractivity contribution in [2.24, 2.45) is 0 Å². The molecule has 0 aromatic heterocycles. The summed E-state index contributed by atoms with van der Waals surface area (Å²) >= 11 is 0. The molecule has 97 valence electrons. The molecular formula is C17H18NO. The summed E-state index contributed by atoms with van der Waals surface area (Å²) in [6.07, 6.45) is 2.09. The van der Waals surface area contributed by atoms with Crippen molar-refractivity contribution in [1.29, 1.82) is 0 Å². The monoisotopic (exact) mass is 252 g/mol. The minimum Gasteiger partial charge on any atom is -0.490 e. The van der Waals surface area contributed by atoms with Crippen molar-refractivity contribution in [2.45, 2.75) is 12.8 Å². The van der Waals surface area contributed by atoms with Crippen LogP contribution in [0.3, 0.4) is 0 Å². The Morgan fingerprint density at radius 2 is 2.11 bits per heavy atom. The Morgan fingerprint density at radius 1 is 1.21 bits per heavy atom.